The van der Waals surface area contributed by atoms with Crippen molar-refractivity contribution in [3.63, 3.8) is 0 Å². The number of rotatable bonds is 8. The maximum absolute atomic E-state index is 14.7. The van der Waals surface area contributed by atoms with Gasteiger partial charge in [-0.25, -0.2) is 37.0 Å². The highest BCUT2D eigenvalue weighted by Crippen LogP contribution is 2.38. The first kappa shape index (κ1) is 27.2. The van der Waals surface area contributed by atoms with Crippen molar-refractivity contribution in [3.05, 3.63) is 48.3 Å². The Hall–Kier alpha value is -3.81. The zero-order valence-electron chi connectivity index (χ0n) is 21.7. The molecular weight excluding hydrogens is 517 g/mol. The molecule has 0 aliphatic heterocycles. The first-order valence-corrected chi connectivity index (χ1v) is 13.5. The van der Waals surface area contributed by atoms with Crippen LogP contribution in [0.15, 0.2) is 41.8 Å². The van der Waals surface area contributed by atoms with Crippen LogP contribution in [-0.2, 0) is 14.8 Å². The first-order chi connectivity index (χ1) is 17.8. The number of carbonyl (C=O) groups excluding carboxylic acids is 1. The van der Waals surface area contributed by atoms with Gasteiger partial charge in [0.15, 0.2) is 0 Å². The smallest absolute Gasteiger partial charge is 0.421 e. The number of sulfonamides is 1. The second-order valence-electron chi connectivity index (χ2n) is 10.2. The molecule has 1 fully saturated rings. The van der Waals surface area contributed by atoms with E-state index in [1.165, 1.54) is 6.07 Å². The molecule has 0 spiro atoms. The van der Waals surface area contributed by atoms with Crippen molar-refractivity contribution in [1.29, 1.82) is 0 Å². The number of amides is 1. The summed E-state index contributed by atoms with van der Waals surface area (Å²) in [7, 11) is -4.33. The molecule has 2 N–H and O–H groups in total. The summed E-state index contributed by atoms with van der Waals surface area (Å²) in [4.78, 5) is 24.0. The minimum atomic E-state index is -4.33. The summed E-state index contributed by atoms with van der Waals surface area (Å²) >= 11 is 0. The third kappa shape index (κ3) is 6.73. The van der Waals surface area contributed by atoms with E-state index in [0.717, 1.165) is 30.5 Å². The van der Waals surface area contributed by atoms with Gasteiger partial charge in [-0.15, -0.1) is 5.10 Å². The second-order valence-corrected chi connectivity index (χ2v) is 11.9. The van der Waals surface area contributed by atoms with E-state index in [2.05, 4.69) is 25.4 Å². The Kier molecular flexibility index (Phi) is 7.54. The maximum atomic E-state index is 14.7. The molecule has 0 atom stereocenters. The second kappa shape index (κ2) is 10.5. The molecule has 1 saturated carbocycles. The Balaban J connectivity index is 1.32. The van der Waals surface area contributed by atoms with Gasteiger partial charge in [0.25, 0.3) is 10.0 Å². The molecule has 4 rings (SSSR count). The van der Waals surface area contributed by atoms with Gasteiger partial charge < -0.3 is 14.8 Å². The lowest BCUT2D eigenvalue weighted by Crippen LogP contribution is -2.36. The summed E-state index contributed by atoms with van der Waals surface area (Å²) in [5, 5.41) is 7.02. The number of hydrogen-bond donors (Lipinski definition) is 2. The number of hydrogen-bond acceptors (Lipinski definition) is 10. The Bertz CT molecular complexity index is 1400. The average molecular weight is 548 g/mol. The van der Waals surface area contributed by atoms with Gasteiger partial charge in [0.05, 0.1) is 10.6 Å². The maximum Gasteiger partial charge on any atom is 0.421 e. The van der Waals surface area contributed by atoms with E-state index >= 15 is 0 Å². The van der Waals surface area contributed by atoms with E-state index in [1.807, 2.05) is 13.8 Å². The highest BCUT2D eigenvalue weighted by Gasteiger charge is 2.33. The van der Waals surface area contributed by atoms with Crippen molar-refractivity contribution in [2.75, 3.05) is 5.32 Å². The number of nitrogens with one attached hydrogen (secondary N) is 2. The summed E-state index contributed by atoms with van der Waals surface area (Å²) in [6, 6.07) is 3.73. The predicted octanol–water partition coefficient (Wildman–Crippen LogP) is 4.07. The van der Waals surface area contributed by atoms with Crippen molar-refractivity contribution in [2.45, 2.75) is 76.0 Å². The summed E-state index contributed by atoms with van der Waals surface area (Å²) in [6.45, 7) is 8.80. The summed E-state index contributed by atoms with van der Waals surface area (Å²) in [5.41, 5.74) is 0.00316. The fraction of sp³-hybridized carbons (Fsp3) is 0.458. The topological polar surface area (TPSA) is 150 Å². The lowest BCUT2D eigenvalue weighted by molar-refractivity contribution is 0.0570. The fourth-order valence-electron chi connectivity index (χ4n) is 3.61. The zero-order valence-corrected chi connectivity index (χ0v) is 22.5. The largest absolute Gasteiger partial charge is 0.459 e. The van der Waals surface area contributed by atoms with Gasteiger partial charge in [0.2, 0.25) is 5.95 Å². The minimum Gasteiger partial charge on any atom is -0.459 e. The minimum absolute atomic E-state index is 0.00881. The molecule has 0 radical (unpaired) electrons. The standard InChI is InChI=1S/C24H30FN7O5S/c1-14(2)32-13-28-22(30-32)36-17-8-15(9-17)16-11-26-21(27-12-16)29-20-7-6-18(10-19(20)25)38(34,35)31-23(33)37-24(3,4)5/h6-7,10-15,17H,8-9H2,1-5H3,(H,31,33)(H,26,27,29). The van der Waals surface area contributed by atoms with Crippen molar-refractivity contribution < 1.29 is 27.1 Å². The molecule has 0 saturated heterocycles. The Morgan fingerprint density at radius 1 is 1.16 bits per heavy atom. The van der Waals surface area contributed by atoms with Gasteiger partial charge in [-0.2, -0.15) is 4.98 Å². The summed E-state index contributed by atoms with van der Waals surface area (Å²) in [5.74, 6) is -0.497. The third-order valence-electron chi connectivity index (χ3n) is 5.64. The van der Waals surface area contributed by atoms with Crippen LogP contribution in [0.5, 0.6) is 6.01 Å². The van der Waals surface area contributed by atoms with Crippen LogP contribution >= 0.6 is 0 Å². The molecule has 1 aromatic carbocycles. The van der Waals surface area contributed by atoms with E-state index in [9.17, 15) is 17.6 Å². The van der Waals surface area contributed by atoms with Crippen LogP contribution in [-0.4, -0.2) is 50.9 Å². The lowest BCUT2D eigenvalue weighted by atomic mass is 9.78. The van der Waals surface area contributed by atoms with E-state index in [4.69, 9.17) is 9.47 Å². The third-order valence-corrected chi connectivity index (χ3v) is 6.95. The highest BCUT2D eigenvalue weighted by atomic mass is 32.2. The molecule has 12 nitrogen and oxygen atoms in total. The fourth-order valence-corrected chi connectivity index (χ4v) is 4.50. The Labute approximate surface area is 220 Å². The van der Waals surface area contributed by atoms with E-state index in [-0.39, 0.29) is 29.7 Å². The van der Waals surface area contributed by atoms with Crippen LogP contribution in [0.25, 0.3) is 0 Å². The number of halogens is 1. The Morgan fingerprint density at radius 3 is 2.42 bits per heavy atom. The molecule has 2 aromatic heterocycles. The van der Waals surface area contributed by atoms with Crippen LogP contribution in [0.3, 0.4) is 0 Å². The van der Waals surface area contributed by atoms with Gasteiger partial charge >= 0.3 is 12.1 Å². The number of benzene rings is 1. The van der Waals surface area contributed by atoms with Crippen LogP contribution < -0.4 is 14.8 Å². The molecule has 1 aliphatic rings. The number of carbonyl (C=O) groups is 1. The van der Waals surface area contributed by atoms with Crippen molar-refractivity contribution in [3.8, 4) is 6.01 Å². The molecular formula is C24H30FN7O5S. The molecule has 0 bridgehead atoms. The van der Waals surface area contributed by atoms with Gasteiger partial charge in [-0.1, -0.05) is 0 Å². The number of nitrogens with zero attached hydrogens (tertiary/aromatic N) is 5. The number of ether oxygens (including phenoxy) is 2. The SMILES string of the molecule is CC(C)n1cnc(OC2CC(c3cnc(Nc4ccc(S(=O)(=O)NC(=O)OC(C)(C)C)cc4F)nc3)C2)n1. The van der Waals surface area contributed by atoms with Crippen molar-refractivity contribution in [1.82, 2.24) is 29.5 Å². The van der Waals surface area contributed by atoms with Gasteiger partial charge in [-0.3, -0.25) is 0 Å². The zero-order chi connectivity index (χ0) is 27.7. The molecule has 1 amide bonds. The summed E-state index contributed by atoms with van der Waals surface area (Å²) < 4.78 is 53.7. The van der Waals surface area contributed by atoms with E-state index in [0.29, 0.717) is 6.01 Å². The monoisotopic (exact) mass is 547 g/mol. The molecule has 38 heavy (non-hydrogen) atoms. The highest BCUT2D eigenvalue weighted by molar-refractivity contribution is 7.90. The van der Waals surface area contributed by atoms with Crippen LogP contribution in [0.1, 0.15) is 65.0 Å². The van der Waals surface area contributed by atoms with Gasteiger partial charge in [0.1, 0.15) is 23.8 Å². The van der Waals surface area contributed by atoms with Gasteiger partial charge in [-0.05, 0) is 77.1 Å². The molecule has 3 aromatic rings. The summed E-state index contributed by atoms with van der Waals surface area (Å²) in [6.07, 6.45) is 5.35. The van der Waals surface area contributed by atoms with E-state index < -0.39 is 32.4 Å². The average Bonchev–Trinajstić information content (AvgIpc) is 3.25. The van der Waals surface area contributed by atoms with Crippen LogP contribution in [0, 0.1) is 5.82 Å². The number of aromatic nitrogens is 5. The quantitative estimate of drug-likeness (QED) is 0.422. The Morgan fingerprint density at radius 2 is 1.84 bits per heavy atom. The number of anilines is 2. The van der Waals surface area contributed by atoms with Gasteiger partial charge in [0, 0.05) is 18.4 Å². The van der Waals surface area contributed by atoms with Crippen molar-refractivity contribution in [2.24, 2.45) is 0 Å². The van der Waals surface area contributed by atoms with Crippen LogP contribution in [0.2, 0.25) is 0 Å². The normalized spacial score (nSPS) is 17.6. The van der Waals surface area contributed by atoms with E-state index in [1.54, 1.807) is 48.9 Å². The molecule has 0 unspecified atom stereocenters. The lowest BCUT2D eigenvalue weighted by Gasteiger charge is -2.34. The molecule has 204 valence electrons. The molecule has 2 heterocycles. The molecule has 14 heteroatoms. The van der Waals surface area contributed by atoms with Crippen LogP contribution in [0.4, 0.5) is 20.8 Å². The first-order valence-electron chi connectivity index (χ1n) is 12.0. The van der Waals surface area contributed by atoms with Crippen molar-refractivity contribution >= 4 is 27.8 Å². The predicted molar refractivity (Wildman–Crippen MR) is 135 cm³/mol. The molecule has 1 aliphatic carbocycles.